The van der Waals surface area contributed by atoms with Gasteiger partial charge in [0.05, 0.1) is 0 Å². The second-order valence-electron chi connectivity index (χ2n) is 4.84. The number of benzene rings is 1. The van der Waals surface area contributed by atoms with Crippen molar-refractivity contribution < 1.29 is 0 Å². The van der Waals surface area contributed by atoms with Crippen LogP contribution < -0.4 is 4.90 Å². The molecule has 0 N–H and O–H groups in total. The van der Waals surface area contributed by atoms with Crippen LogP contribution in [0, 0.1) is 11.3 Å². The molecule has 19 heavy (non-hydrogen) atoms. The first kappa shape index (κ1) is 11.7. The molecule has 3 heteroatoms. The number of hydrogen-bond acceptors (Lipinski definition) is 3. The van der Waals surface area contributed by atoms with E-state index in [9.17, 15) is 0 Å². The average Bonchev–Trinajstić information content (AvgIpc) is 3.30. The maximum Gasteiger partial charge on any atom is 0.142 e. The van der Waals surface area contributed by atoms with Gasteiger partial charge in [-0.1, -0.05) is 36.4 Å². The van der Waals surface area contributed by atoms with Crippen molar-refractivity contribution in [1.82, 2.24) is 4.98 Å². The molecule has 0 atom stereocenters. The van der Waals surface area contributed by atoms with E-state index in [2.05, 4.69) is 40.2 Å². The fourth-order valence-corrected chi connectivity index (χ4v) is 2.21. The van der Waals surface area contributed by atoms with Crippen molar-refractivity contribution in [2.75, 3.05) is 4.90 Å². The zero-order valence-corrected chi connectivity index (χ0v) is 10.7. The van der Waals surface area contributed by atoms with Gasteiger partial charge in [0.1, 0.15) is 17.6 Å². The molecule has 1 aliphatic rings. The Balaban J connectivity index is 1.87. The second-order valence-corrected chi connectivity index (χ2v) is 4.84. The lowest BCUT2D eigenvalue weighted by molar-refractivity contribution is 0.777. The molecule has 1 saturated carbocycles. The fraction of sp³-hybridized carbons (Fsp3) is 0.250. The summed E-state index contributed by atoms with van der Waals surface area (Å²) in [4.78, 5) is 6.72. The third-order valence-electron chi connectivity index (χ3n) is 3.33. The zero-order chi connectivity index (χ0) is 13.1. The fourth-order valence-electron chi connectivity index (χ4n) is 2.21. The zero-order valence-electron chi connectivity index (χ0n) is 10.7. The van der Waals surface area contributed by atoms with Crippen LogP contribution in [-0.4, -0.2) is 11.0 Å². The molecule has 1 heterocycles. The van der Waals surface area contributed by atoms with Gasteiger partial charge in [0.25, 0.3) is 0 Å². The summed E-state index contributed by atoms with van der Waals surface area (Å²) in [6, 6.07) is 18.7. The first-order valence-corrected chi connectivity index (χ1v) is 6.54. The van der Waals surface area contributed by atoms with Crippen LogP contribution >= 0.6 is 0 Å². The Labute approximate surface area is 113 Å². The molecule has 0 unspecified atom stereocenters. The molecule has 0 radical (unpaired) electrons. The monoisotopic (exact) mass is 249 g/mol. The molecule has 2 aromatic rings. The van der Waals surface area contributed by atoms with Crippen molar-refractivity contribution >= 4 is 5.82 Å². The van der Waals surface area contributed by atoms with Crippen molar-refractivity contribution in [2.24, 2.45) is 0 Å². The highest BCUT2D eigenvalue weighted by atomic mass is 15.2. The molecule has 1 aliphatic carbocycles. The Bertz CT molecular complexity index is 597. The highest BCUT2D eigenvalue weighted by molar-refractivity contribution is 5.45. The molecule has 0 spiro atoms. The first-order chi connectivity index (χ1) is 9.36. The third kappa shape index (κ3) is 2.74. The van der Waals surface area contributed by atoms with Gasteiger partial charge in [0.15, 0.2) is 0 Å². The summed E-state index contributed by atoms with van der Waals surface area (Å²) >= 11 is 0. The molecule has 0 bridgehead atoms. The van der Waals surface area contributed by atoms with Crippen LogP contribution in [0.15, 0.2) is 48.5 Å². The van der Waals surface area contributed by atoms with Gasteiger partial charge < -0.3 is 4.90 Å². The van der Waals surface area contributed by atoms with Crippen LogP contribution in [0.5, 0.6) is 0 Å². The van der Waals surface area contributed by atoms with Gasteiger partial charge in [-0.05, 0) is 30.5 Å². The normalized spacial score (nSPS) is 13.8. The summed E-state index contributed by atoms with van der Waals surface area (Å²) in [5.74, 6) is 0.908. The van der Waals surface area contributed by atoms with Gasteiger partial charge in [-0.2, -0.15) is 5.26 Å². The first-order valence-electron chi connectivity index (χ1n) is 6.54. The molecule has 3 rings (SSSR count). The van der Waals surface area contributed by atoms with Gasteiger partial charge in [0, 0.05) is 12.6 Å². The quantitative estimate of drug-likeness (QED) is 0.835. The lowest BCUT2D eigenvalue weighted by atomic mass is 10.2. The lowest BCUT2D eigenvalue weighted by Gasteiger charge is -2.23. The van der Waals surface area contributed by atoms with Gasteiger partial charge in [-0.15, -0.1) is 0 Å². The number of aromatic nitrogens is 1. The van der Waals surface area contributed by atoms with E-state index < -0.39 is 0 Å². The molecular weight excluding hydrogens is 234 g/mol. The van der Waals surface area contributed by atoms with Gasteiger partial charge in [-0.3, -0.25) is 0 Å². The number of hydrogen-bond donors (Lipinski definition) is 0. The summed E-state index contributed by atoms with van der Waals surface area (Å²) < 4.78 is 0. The average molecular weight is 249 g/mol. The topological polar surface area (TPSA) is 39.9 Å². The Morgan fingerprint density at radius 1 is 1.11 bits per heavy atom. The second kappa shape index (κ2) is 5.11. The number of rotatable bonds is 4. The van der Waals surface area contributed by atoms with Crippen LogP contribution in [0.2, 0.25) is 0 Å². The van der Waals surface area contributed by atoms with E-state index in [-0.39, 0.29) is 0 Å². The largest absolute Gasteiger partial charge is 0.349 e. The van der Waals surface area contributed by atoms with Gasteiger partial charge >= 0.3 is 0 Å². The molecule has 94 valence electrons. The molecule has 1 fully saturated rings. The summed E-state index contributed by atoms with van der Waals surface area (Å²) in [6.07, 6.45) is 2.43. The SMILES string of the molecule is N#Cc1cccc(N(Cc2ccccc2)C2CC2)n1. The van der Waals surface area contributed by atoms with Crippen LogP contribution in [0.25, 0.3) is 0 Å². The van der Waals surface area contributed by atoms with E-state index in [0.717, 1.165) is 12.4 Å². The minimum absolute atomic E-state index is 0.483. The highest BCUT2D eigenvalue weighted by Crippen LogP contribution is 2.32. The van der Waals surface area contributed by atoms with Crippen LogP contribution in [0.1, 0.15) is 24.1 Å². The van der Waals surface area contributed by atoms with E-state index in [1.807, 2.05) is 18.2 Å². The molecule has 1 aromatic heterocycles. The van der Waals surface area contributed by atoms with Crippen molar-refractivity contribution in [2.45, 2.75) is 25.4 Å². The number of anilines is 1. The Hall–Kier alpha value is -2.34. The summed E-state index contributed by atoms with van der Waals surface area (Å²) in [5, 5.41) is 8.96. The molecule has 0 amide bonds. The predicted octanol–water partition coefficient (Wildman–Crippen LogP) is 3.12. The summed E-state index contributed by atoms with van der Waals surface area (Å²) in [6.45, 7) is 0.855. The summed E-state index contributed by atoms with van der Waals surface area (Å²) in [7, 11) is 0. The highest BCUT2D eigenvalue weighted by Gasteiger charge is 2.30. The molecule has 3 nitrogen and oxygen atoms in total. The number of nitrogens with zero attached hydrogens (tertiary/aromatic N) is 3. The molecule has 1 aromatic carbocycles. The predicted molar refractivity (Wildman–Crippen MR) is 74.6 cm³/mol. The van der Waals surface area contributed by atoms with E-state index >= 15 is 0 Å². The standard InChI is InChI=1S/C16H15N3/c17-11-14-7-4-8-16(18-14)19(15-9-10-15)12-13-5-2-1-3-6-13/h1-8,15H,9-10,12H2. The van der Waals surface area contributed by atoms with Crippen molar-refractivity contribution in [1.29, 1.82) is 5.26 Å². The van der Waals surface area contributed by atoms with Crippen molar-refractivity contribution in [3.8, 4) is 6.07 Å². The van der Waals surface area contributed by atoms with E-state index in [1.54, 1.807) is 6.07 Å². The van der Waals surface area contributed by atoms with Crippen LogP contribution in [-0.2, 0) is 6.54 Å². The van der Waals surface area contributed by atoms with E-state index in [0.29, 0.717) is 11.7 Å². The molecule has 0 saturated heterocycles. The summed E-state index contributed by atoms with van der Waals surface area (Å²) in [5.41, 5.74) is 1.76. The third-order valence-corrected chi connectivity index (χ3v) is 3.33. The van der Waals surface area contributed by atoms with E-state index in [1.165, 1.54) is 18.4 Å². The Morgan fingerprint density at radius 3 is 2.58 bits per heavy atom. The Kier molecular flexibility index (Phi) is 3.16. The van der Waals surface area contributed by atoms with Gasteiger partial charge in [0.2, 0.25) is 0 Å². The van der Waals surface area contributed by atoms with Crippen LogP contribution in [0.3, 0.4) is 0 Å². The van der Waals surface area contributed by atoms with Crippen molar-refractivity contribution in [3.05, 3.63) is 59.8 Å². The minimum Gasteiger partial charge on any atom is -0.349 e. The molecule has 0 aliphatic heterocycles. The Morgan fingerprint density at radius 2 is 1.89 bits per heavy atom. The minimum atomic E-state index is 0.483. The number of pyridine rings is 1. The maximum atomic E-state index is 8.96. The van der Waals surface area contributed by atoms with Gasteiger partial charge in [-0.25, -0.2) is 4.98 Å². The van der Waals surface area contributed by atoms with Crippen LogP contribution in [0.4, 0.5) is 5.82 Å². The van der Waals surface area contributed by atoms with Crippen molar-refractivity contribution in [3.63, 3.8) is 0 Å². The smallest absolute Gasteiger partial charge is 0.142 e. The van der Waals surface area contributed by atoms with E-state index in [4.69, 9.17) is 5.26 Å². The number of nitriles is 1. The molecular formula is C16H15N3. The maximum absolute atomic E-state index is 8.96. The lowest BCUT2D eigenvalue weighted by Crippen LogP contribution is -2.26.